The summed E-state index contributed by atoms with van der Waals surface area (Å²) in [7, 11) is 1.62. The number of carbonyl (C=O) groups excluding carboxylic acids is 2. The molecule has 4 aliphatic rings. The maximum Gasteiger partial charge on any atom is 0.305 e. The molecule has 0 unspecified atom stereocenters. The topological polar surface area (TPSA) is 117 Å². The molecular formula is C24H24N2O6S2. The zero-order chi connectivity index (χ0) is 23.7. The Bertz CT molecular complexity index is 1240. The molecule has 1 saturated heterocycles. The van der Waals surface area contributed by atoms with Crippen molar-refractivity contribution >= 4 is 40.9 Å². The van der Waals surface area contributed by atoms with Gasteiger partial charge in [0.05, 0.1) is 24.0 Å². The number of hydrogen-bond acceptors (Lipinski definition) is 7. The standard InChI is InChI=1S/C24H24N2O6S2/c1-32-11-6-4-10(5-7-11)15-16-12-9-13(19(16)33-21-20(15)34-24(31)25-21)18-17(12)22(29)26(23(18)30)8-2-3-14(27)28/h4-7,12-13,15-19H,2-3,8-9H2,1H3,(H,25,31)(H,27,28)/t12-,13+,15+,16+,17+,18+,19+/m0/s1. The minimum Gasteiger partial charge on any atom is -0.497 e. The molecule has 34 heavy (non-hydrogen) atoms. The van der Waals surface area contributed by atoms with Crippen molar-refractivity contribution in [1.29, 1.82) is 0 Å². The van der Waals surface area contributed by atoms with Gasteiger partial charge in [-0.25, -0.2) is 0 Å². The lowest BCUT2D eigenvalue weighted by Gasteiger charge is -2.43. The van der Waals surface area contributed by atoms with Gasteiger partial charge in [0.25, 0.3) is 0 Å². The van der Waals surface area contributed by atoms with E-state index < -0.39 is 5.97 Å². The summed E-state index contributed by atoms with van der Waals surface area (Å²) in [5.74, 6) is -0.861. The van der Waals surface area contributed by atoms with Crippen molar-refractivity contribution in [2.75, 3.05) is 13.7 Å². The molecule has 3 fully saturated rings. The minimum atomic E-state index is -0.927. The smallest absolute Gasteiger partial charge is 0.305 e. The molecule has 3 heterocycles. The number of nitrogens with one attached hydrogen (secondary N) is 1. The van der Waals surface area contributed by atoms with Gasteiger partial charge in [0.2, 0.25) is 11.8 Å². The van der Waals surface area contributed by atoms with Gasteiger partial charge in [-0.3, -0.25) is 24.1 Å². The summed E-state index contributed by atoms with van der Waals surface area (Å²) in [6.45, 7) is 0.168. The predicted molar refractivity (Wildman–Crippen MR) is 125 cm³/mol. The summed E-state index contributed by atoms with van der Waals surface area (Å²) in [5, 5.41) is 9.98. The molecule has 8 nitrogen and oxygen atoms in total. The largest absolute Gasteiger partial charge is 0.497 e. The third-order valence-electron chi connectivity index (χ3n) is 8.06. The van der Waals surface area contributed by atoms with Gasteiger partial charge in [-0.15, -0.1) is 11.8 Å². The molecule has 2 bridgehead atoms. The number of amides is 2. The highest BCUT2D eigenvalue weighted by Crippen LogP contribution is 2.68. The second-order valence-electron chi connectivity index (χ2n) is 9.56. The van der Waals surface area contributed by atoms with Crippen molar-refractivity contribution < 1.29 is 24.2 Å². The van der Waals surface area contributed by atoms with Crippen molar-refractivity contribution in [3.05, 3.63) is 44.4 Å². The number of aliphatic carboxylic acids is 1. The van der Waals surface area contributed by atoms with E-state index in [1.54, 1.807) is 18.9 Å². The molecule has 0 radical (unpaired) electrons. The van der Waals surface area contributed by atoms with Crippen LogP contribution in [0.5, 0.6) is 5.75 Å². The van der Waals surface area contributed by atoms with Crippen LogP contribution < -0.4 is 9.61 Å². The zero-order valence-corrected chi connectivity index (χ0v) is 20.1. The monoisotopic (exact) mass is 500 g/mol. The number of aromatic amines is 1. The van der Waals surface area contributed by atoms with Gasteiger partial charge < -0.3 is 14.8 Å². The van der Waals surface area contributed by atoms with E-state index >= 15 is 0 Å². The molecule has 7 atom stereocenters. The lowest BCUT2D eigenvalue weighted by Crippen LogP contribution is -2.42. The van der Waals surface area contributed by atoms with Crippen molar-refractivity contribution in [2.24, 2.45) is 29.6 Å². The number of H-pyrrole nitrogens is 1. The summed E-state index contributed by atoms with van der Waals surface area (Å²) >= 11 is 2.90. The molecule has 178 valence electrons. The van der Waals surface area contributed by atoms with Crippen LogP contribution in [0.2, 0.25) is 0 Å². The first-order chi connectivity index (χ1) is 16.4. The number of thiazole rings is 1. The molecule has 2 aliphatic heterocycles. The third kappa shape index (κ3) is 3.11. The van der Waals surface area contributed by atoms with Crippen LogP contribution in [0, 0.1) is 29.6 Å². The van der Waals surface area contributed by atoms with Crippen LogP contribution in [-0.4, -0.2) is 51.7 Å². The van der Waals surface area contributed by atoms with E-state index in [0.717, 1.165) is 27.6 Å². The van der Waals surface area contributed by atoms with Crippen molar-refractivity contribution in [3.8, 4) is 5.75 Å². The number of methoxy groups -OCH3 is 1. The normalized spacial score (nSPS) is 33.1. The van der Waals surface area contributed by atoms with Crippen LogP contribution in [0.15, 0.2) is 34.1 Å². The van der Waals surface area contributed by atoms with Crippen LogP contribution in [0.4, 0.5) is 0 Å². The van der Waals surface area contributed by atoms with Gasteiger partial charge in [-0.05, 0) is 48.3 Å². The molecule has 0 spiro atoms. The maximum absolute atomic E-state index is 13.4. The Balaban J connectivity index is 1.36. The number of rotatable bonds is 6. The highest BCUT2D eigenvalue weighted by molar-refractivity contribution is 8.00. The number of carbonyl (C=O) groups is 3. The van der Waals surface area contributed by atoms with Crippen LogP contribution in [0.1, 0.15) is 35.6 Å². The van der Waals surface area contributed by atoms with E-state index in [1.165, 1.54) is 16.2 Å². The fraction of sp³-hybridized carbons (Fsp3) is 0.500. The van der Waals surface area contributed by atoms with E-state index in [9.17, 15) is 19.2 Å². The highest BCUT2D eigenvalue weighted by atomic mass is 32.2. The fourth-order valence-corrected chi connectivity index (χ4v) is 9.76. The van der Waals surface area contributed by atoms with Gasteiger partial charge >= 0.3 is 10.8 Å². The first-order valence-corrected chi connectivity index (χ1v) is 13.2. The van der Waals surface area contributed by atoms with Gasteiger partial charge in [0.1, 0.15) is 5.75 Å². The SMILES string of the molecule is COc1ccc([C@H]2c3sc(=O)[nH]c3S[C@@H]3[C@@H]4C[C@H]([C@H]5C(=O)N(CCCC(=O)O)C(=O)[C@H]45)[C@H]23)cc1. The second-order valence-corrected chi connectivity index (χ2v) is 11.8. The Morgan fingerprint density at radius 3 is 2.53 bits per heavy atom. The number of thioether (sulfide) groups is 1. The highest BCUT2D eigenvalue weighted by Gasteiger charge is 2.69. The lowest BCUT2D eigenvalue weighted by molar-refractivity contribution is -0.142. The van der Waals surface area contributed by atoms with Gasteiger partial charge in [0, 0.05) is 29.0 Å². The van der Waals surface area contributed by atoms with Crippen LogP contribution in [0.25, 0.3) is 0 Å². The first-order valence-electron chi connectivity index (χ1n) is 11.5. The van der Waals surface area contributed by atoms with E-state index in [4.69, 9.17) is 9.84 Å². The number of fused-ring (bicyclic) bond motifs is 9. The van der Waals surface area contributed by atoms with Gasteiger partial charge in [0.15, 0.2) is 0 Å². The number of benzene rings is 1. The molecule has 2 aromatic rings. The summed E-state index contributed by atoms with van der Waals surface area (Å²) in [6.07, 6.45) is 1.05. The molecule has 2 amide bonds. The van der Waals surface area contributed by atoms with E-state index in [-0.39, 0.29) is 76.8 Å². The number of carboxylic acids is 1. The molecule has 1 aromatic heterocycles. The lowest BCUT2D eigenvalue weighted by atomic mass is 9.68. The third-order valence-corrected chi connectivity index (χ3v) is 10.7. The van der Waals surface area contributed by atoms with Crippen molar-refractivity contribution in [1.82, 2.24) is 9.88 Å². The van der Waals surface area contributed by atoms with Gasteiger partial charge in [-0.1, -0.05) is 23.5 Å². The van der Waals surface area contributed by atoms with Crippen molar-refractivity contribution in [2.45, 2.75) is 35.5 Å². The molecule has 2 N–H and O–H groups in total. The summed E-state index contributed by atoms with van der Waals surface area (Å²) in [4.78, 5) is 55.1. The average molecular weight is 501 g/mol. The fourth-order valence-electron chi connectivity index (χ4n) is 6.87. The van der Waals surface area contributed by atoms with E-state index in [2.05, 4.69) is 4.98 Å². The Labute approximate surface area is 203 Å². The van der Waals surface area contributed by atoms with Crippen LogP contribution in [-0.2, 0) is 14.4 Å². The molecule has 6 rings (SSSR count). The Morgan fingerprint density at radius 2 is 1.85 bits per heavy atom. The van der Waals surface area contributed by atoms with Crippen LogP contribution in [0.3, 0.4) is 0 Å². The number of aromatic nitrogens is 1. The Hall–Kier alpha value is -2.59. The number of nitrogens with zero attached hydrogens (tertiary/aromatic N) is 1. The number of ether oxygens (including phenoxy) is 1. The maximum atomic E-state index is 13.4. The predicted octanol–water partition coefficient (Wildman–Crippen LogP) is 2.78. The number of hydrogen-bond donors (Lipinski definition) is 2. The number of imide groups is 1. The first kappa shape index (κ1) is 21.9. The molecule has 2 aliphatic carbocycles. The summed E-state index contributed by atoms with van der Waals surface area (Å²) < 4.78 is 5.33. The molecular weight excluding hydrogens is 476 g/mol. The Morgan fingerprint density at radius 1 is 1.15 bits per heavy atom. The van der Waals surface area contributed by atoms with Crippen molar-refractivity contribution in [3.63, 3.8) is 0 Å². The minimum absolute atomic E-state index is 0.0176. The second kappa shape index (κ2) is 7.98. The molecule has 2 saturated carbocycles. The zero-order valence-electron chi connectivity index (χ0n) is 18.4. The number of likely N-dealkylation sites (tertiary alicyclic amines) is 1. The molecule has 10 heteroatoms. The summed E-state index contributed by atoms with van der Waals surface area (Å²) in [6, 6.07) is 7.92. The van der Waals surface area contributed by atoms with Gasteiger partial charge in [-0.2, -0.15) is 0 Å². The Kier molecular flexibility index (Phi) is 5.14. The number of carboxylic acid groups (broad SMARTS) is 1. The average Bonchev–Trinajstić information content (AvgIpc) is 3.54. The quantitative estimate of drug-likeness (QED) is 0.586. The van der Waals surface area contributed by atoms with E-state index in [0.29, 0.717) is 0 Å². The van der Waals surface area contributed by atoms with Crippen LogP contribution >= 0.6 is 23.1 Å². The molecule has 1 aromatic carbocycles. The van der Waals surface area contributed by atoms with E-state index in [1.807, 2.05) is 24.3 Å². The summed E-state index contributed by atoms with van der Waals surface area (Å²) in [5.41, 5.74) is 1.09.